The van der Waals surface area contributed by atoms with E-state index in [1.807, 2.05) is 13.8 Å². The fourth-order valence-corrected chi connectivity index (χ4v) is 4.15. The van der Waals surface area contributed by atoms with E-state index >= 15 is 4.39 Å². The van der Waals surface area contributed by atoms with Crippen molar-refractivity contribution in [1.29, 1.82) is 5.41 Å². The number of halogens is 1. The van der Waals surface area contributed by atoms with Crippen molar-refractivity contribution in [1.82, 2.24) is 5.32 Å². The minimum absolute atomic E-state index is 0.0417. The first-order valence-electron chi connectivity index (χ1n) is 12.0. The Hall–Kier alpha value is -3.33. The Bertz CT molecular complexity index is 1010. The number of hydrogen-bond acceptors (Lipinski definition) is 7. The predicted molar refractivity (Wildman–Crippen MR) is 134 cm³/mol. The van der Waals surface area contributed by atoms with E-state index in [1.165, 1.54) is 12.1 Å². The van der Waals surface area contributed by atoms with Crippen molar-refractivity contribution in [2.24, 2.45) is 11.7 Å². The van der Waals surface area contributed by atoms with Gasteiger partial charge in [0.25, 0.3) is 0 Å². The molecule has 190 valence electrons. The first-order chi connectivity index (χ1) is 16.8. The number of esters is 1. The number of ether oxygens (including phenoxy) is 3. The summed E-state index contributed by atoms with van der Waals surface area (Å²) in [5.41, 5.74) is 6.67. The van der Waals surface area contributed by atoms with E-state index in [-0.39, 0.29) is 29.9 Å². The number of benzene rings is 2. The number of nitrogens with two attached hydrogens (primary N) is 1. The molecule has 5 N–H and O–H groups in total. The minimum Gasteiger partial charge on any atom is -0.494 e. The van der Waals surface area contributed by atoms with Crippen LogP contribution in [0, 0.1) is 17.1 Å². The van der Waals surface area contributed by atoms with Gasteiger partial charge in [0.1, 0.15) is 11.6 Å². The lowest BCUT2D eigenvalue weighted by Gasteiger charge is -2.29. The zero-order valence-corrected chi connectivity index (χ0v) is 20.5. The summed E-state index contributed by atoms with van der Waals surface area (Å²) in [4.78, 5) is 12.9. The Morgan fingerprint density at radius 1 is 1.20 bits per heavy atom. The molecule has 1 fully saturated rings. The number of piperidine rings is 1. The molecule has 3 rings (SSSR count). The van der Waals surface area contributed by atoms with E-state index in [0.717, 1.165) is 25.9 Å². The maximum absolute atomic E-state index is 15.9. The molecule has 1 saturated heterocycles. The van der Waals surface area contributed by atoms with Gasteiger partial charge in [0.05, 0.1) is 19.3 Å². The number of anilines is 1. The van der Waals surface area contributed by atoms with Crippen LogP contribution in [0.15, 0.2) is 36.4 Å². The van der Waals surface area contributed by atoms with E-state index in [0.29, 0.717) is 29.5 Å². The van der Waals surface area contributed by atoms with E-state index in [1.54, 1.807) is 31.2 Å². The molecule has 8 nitrogen and oxygen atoms in total. The van der Waals surface area contributed by atoms with Crippen LogP contribution in [0.1, 0.15) is 50.8 Å². The highest BCUT2D eigenvalue weighted by Crippen LogP contribution is 2.35. The molecular weight excluding hydrogens is 451 g/mol. The normalized spacial score (nSPS) is 15.7. The lowest BCUT2D eigenvalue weighted by Crippen LogP contribution is -2.35. The highest BCUT2D eigenvalue weighted by atomic mass is 19.1. The van der Waals surface area contributed by atoms with Gasteiger partial charge in [0, 0.05) is 22.9 Å². The summed E-state index contributed by atoms with van der Waals surface area (Å²) in [6.45, 7) is 7.80. The molecule has 0 spiro atoms. The first-order valence-corrected chi connectivity index (χ1v) is 12.0. The number of nitrogen functional groups attached to an aromatic ring is 1. The number of carbonyl (C=O) groups is 1. The van der Waals surface area contributed by atoms with E-state index in [4.69, 9.17) is 25.4 Å². The second kappa shape index (κ2) is 12.4. The second-order valence-corrected chi connectivity index (χ2v) is 8.49. The molecule has 2 atom stereocenters. The molecule has 2 aromatic carbocycles. The van der Waals surface area contributed by atoms with Crippen LogP contribution in [0.5, 0.6) is 11.5 Å². The Balaban J connectivity index is 1.96. The summed E-state index contributed by atoms with van der Waals surface area (Å²) in [5.74, 6) is -0.597. The maximum Gasteiger partial charge on any atom is 0.333 e. The van der Waals surface area contributed by atoms with Gasteiger partial charge in [0.15, 0.2) is 17.6 Å². The average molecular weight is 487 g/mol. The zero-order valence-electron chi connectivity index (χ0n) is 20.5. The standard InChI is InChI=1S/C26H35FN4O4/c1-4-33-20-14-21(23(27)22(15-20)35-16(3)17-10-12-30-13-11-17)24(26(32)34-5-2)31-19-8-6-18(7-9-19)25(28)29/h6-9,14-17,24,30-31H,4-5,10-13H2,1-3H3,(H3,28,29). The van der Waals surface area contributed by atoms with Gasteiger partial charge in [-0.1, -0.05) is 0 Å². The van der Waals surface area contributed by atoms with Gasteiger partial charge in [-0.25, -0.2) is 9.18 Å². The van der Waals surface area contributed by atoms with E-state index in [2.05, 4.69) is 10.6 Å². The number of rotatable bonds is 11. The van der Waals surface area contributed by atoms with Crippen LogP contribution in [0.25, 0.3) is 0 Å². The highest BCUT2D eigenvalue weighted by molar-refractivity contribution is 5.95. The average Bonchev–Trinajstić information content (AvgIpc) is 2.85. The molecule has 0 aromatic heterocycles. The summed E-state index contributed by atoms with van der Waals surface area (Å²) >= 11 is 0. The van der Waals surface area contributed by atoms with Crippen molar-refractivity contribution in [3.8, 4) is 11.5 Å². The van der Waals surface area contributed by atoms with Crippen LogP contribution in [0.3, 0.4) is 0 Å². The van der Waals surface area contributed by atoms with Crippen molar-refractivity contribution in [3.05, 3.63) is 53.3 Å². The monoisotopic (exact) mass is 486 g/mol. The SMILES string of the molecule is CCOC(=O)C(Nc1ccc(C(=N)N)cc1)c1cc(OCC)cc(OC(C)C2CCNCC2)c1F. The number of hydrogen-bond donors (Lipinski definition) is 4. The summed E-state index contributed by atoms with van der Waals surface area (Å²) < 4.78 is 32.9. The van der Waals surface area contributed by atoms with Gasteiger partial charge in [-0.3, -0.25) is 5.41 Å². The molecular formula is C26H35FN4O4. The highest BCUT2D eigenvalue weighted by Gasteiger charge is 2.30. The zero-order chi connectivity index (χ0) is 25.4. The molecule has 0 saturated carbocycles. The third-order valence-corrected chi connectivity index (χ3v) is 6.05. The molecule has 0 aliphatic carbocycles. The lowest BCUT2D eigenvalue weighted by molar-refractivity contribution is -0.144. The van der Waals surface area contributed by atoms with Crippen LogP contribution in [-0.4, -0.2) is 44.2 Å². The van der Waals surface area contributed by atoms with E-state index < -0.39 is 17.8 Å². The smallest absolute Gasteiger partial charge is 0.333 e. The molecule has 0 amide bonds. The van der Waals surface area contributed by atoms with Gasteiger partial charge in [-0.15, -0.1) is 0 Å². The second-order valence-electron chi connectivity index (χ2n) is 8.49. The van der Waals surface area contributed by atoms with Crippen LogP contribution < -0.4 is 25.8 Å². The lowest BCUT2D eigenvalue weighted by atomic mass is 9.93. The third kappa shape index (κ3) is 6.85. The topological polar surface area (TPSA) is 119 Å². The Kier molecular flexibility index (Phi) is 9.31. The maximum atomic E-state index is 15.9. The first kappa shape index (κ1) is 26.3. The summed E-state index contributed by atoms with van der Waals surface area (Å²) in [6.07, 6.45) is 1.69. The van der Waals surface area contributed by atoms with Gasteiger partial charge in [0.2, 0.25) is 0 Å². The fraction of sp³-hybridized carbons (Fsp3) is 0.462. The largest absolute Gasteiger partial charge is 0.494 e. The van der Waals surface area contributed by atoms with Gasteiger partial charge in [-0.05, 0) is 83.0 Å². The predicted octanol–water partition coefficient (Wildman–Crippen LogP) is 3.99. The minimum atomic E-state index is -1.14. The molecule has 9 heteroatoms. The molecule has 1 heterocycles. The van der Waals surface area contributed by atoms with Crippen LogP contribution in [0.2, 0.25) is 0 Å². The number of amidine groups is 1. The molecule has 0 bridgehead atoms. The van der Waals surface area contributed by atoms with Crippen LogP contribution >= 0.6 is 0 Å². The number of nitrogens with one attached hydrogen (secondary N) is 3. The Morgan fingerprint density at radius 3 is 2.49 bits per heavy atom. The van der Waals surface area contributed by atoms with Crippen LogP contribution in [0.4, 0.5) is 10.1 Å². The van der Waals surface area contributed by atoms with Gasteiger partial charge in [-0.2, -0.15) is 0 Å². The molecule has 2 aromatic rings. The van der Waals surface area contributed by atoms with Crippen LogP contribution in [-0.2, 0) is 9.53 Å². The van der Waals surface area contributed by atoms with Gasteiger partial charge >= 0.3 is 5.97 Å². The Morgan fingerprint density at radius 2 is 1.89 bits per heavy atom. The van der Waals surface area contributed by atoms with E-state index in [9.17, 15) is 4.79 Å². The summed E-state index contributed by atoms with van der Waals surface area (Å²) in [7, 11) is 0. The third-order valence-electron chi connectivity index (χ3n) is 6.05. The quantitative estimate of drug-likeness (QED) is 0.215. The summed E-state index contributed by atoms with van der Waals surface area (Å²) in [5, 5.41) is 13.9. The molecule has 0 radical (unpaired) electrons. The van der Waals surface area contributed by atoms with Crippen molar-refractivity contribution in [2.45, 2.75) is 45.8 Å². The Labute approximate surface area is 205 Å². The van der Waals surface area contributed by atoms with Crippen molar-refractivity contribution < 1.29 is 23.4 Å². The fourth-order valence-electron chi connectivity index (χ4n) is 4.15. The molecule has 1 aliphatic heterocycles. The van der Waals surface area contributed by atoms with Gasteiger partial charge < -0.3 is 30.6 Å². The van der Waals surface area contributed by atoms with Crippen molar-refractivity contribution in [2.75, 3.05) is 31.6 Å². The van der Waals surface area contributed by atoms with Crippen molar-refractivity contribution in [3.63, 3.8) is 0 Å². The van der Waals surface area contributed by atoms with Crippen molar-refractivity contribution >= 4 is 17.5 Å². The summed E-state index contributed by atoms with van der Waals surface area (Å²) in [6, 6.07) is 8.52. The molecule has 35 heavy (non-hydrogen) atoms. The molecule has 1 aliphatic rings. The number of carbonyl (C=O) groups excluding carboxylic acids is 1. The molecule has 2 unspecified atom stereocenters.